The minimum absolute atomic E-state index is 0.0684. The number of amides is 2. The van der Waals surface area contributed by atoms with Crippen LogP contribution in [0.5, 0.6) is 17.2 Å². The van der Waals surface area contributed by atoms with Crippen LogP contribution in [0.4, 0.5) is 11.4 Å². The first-order chi connectivity index (χ1) is 16.9. The molecule has 0 aliphatic heterocycles. The van der Waals surface area contributed by atoms with Crippen LogP contribution in [-0.4, -0.2) is 32.6 Å². The molecule has 0 unspecified atom stereocenters. The number of carbonyl (C=O) groups excluding carboxylic acids is 2. The van der Waals surface area contributed by atoms with Crippen molar-refractivity contribution in [2.45, 2.75) is 6.92 Å². The van der Waals surface area contributed by atoms with Crippen LogP contribution in [0.15, 0.2) is 72.3 Å². The van der Waals surface area contributed by atoms with Gasteiger partial charge in [-0.3, -0.25) is 9.59 Å². The van der Waals surface area contributed by atoms with Crippen molar-refractivity contribution in [3.8, 4) is 23.3 Å². The maximum atomic E-state index is 12.5. The lowest BCUT2D eigenvalue weighted by atomic mass is 10.1. The van der Waals surface area contributed by atoms with E-state index in [0.29, 0.717) is 34.2 Å². The van der Waals surface area contributed by atoms with E-state index in [4.69, 9.17) is 14.2 Å². The predicted molar refractivity (Wildman–Crippen MR) is 134 cm³/mol. The zero-order valence-corrected chi connectivity index (χ0v) is 19.6. The largest absolute Gasteiger partial charge is 0.497 e. The van der Waals surface area contributed by atoms with Gasteiger partial charge in [0.1, 0.15) is 17.4 Å². The van der Waals surface area contributed by atoms with Gasteiger partial charge in [0.05, 0.1) is 14.2 Å². The van der Waals surface area contributed by atoms with Gasteiger partial charge in [0.25, 0.3) is 11.8 Å². The van der Waals surface area contributed by atoms with Crippen molar-refractivity contribution >= 4 is 29.3 Å². The smallest absolute Gasteiger partial charge is 0.266 e. The first-order valence-corrected chi connectivity index (χ1v) is 10.7. The van der Waals surface area contributed by atoms with E-state index < -0.39 is 5.91 Å². The number of methoxy groups -OCH3 is 2. The van der Waals surface area contributed by atoms with Crippen molar-refractivity contribution in [1.29, 1.82) is 5.26 Å². The lowest BCUT2D eigenvalue weighted by molar-refractivity contribution is -0.118. The highest BCUT2D eigenvalue weighted by Gasteiger charge is 2.12. The molecule has 3 rings (SSSR count). The number of nitriles is 1. The molecule has 0 saturated carbocycles. The summed E-state index contributed by atoms with van der Waals surface area (Å²) in [5.41, 5.74) is 2.70. The molecule has 0 bridgehead atoms. The Kier molecular flexibility index (Phi) is 8.46. The first-order valence-electron chi connectivity index (χ1n) is 10.7. The molecular formula is C27H25N3O5. The van der Waals surface area contributed by atoms with E-state index in [0.717, 1.165) is 5.56 Å². The van der Waals surface area contributed by atoms with Crippen LogP contribution < -0.4 is 24.8 Å². The van der Waals surface area contributed by atoms with Gasteiger partial charge in [-0.25, -0.2) is 0 Å². The summed E-state index contributed by atoms with van der Waals surface area (Å²) in [6.45, 7) is 1.68. The van der Waals surface area contributed by atoms with E-state index >= 15 is 0 Å². The Morgan fingerprint density at radius 3 is 2.34 bits per heavy atom. The lowest BCUT2D eigenvalue weighted by Crippen LogP contribution is -2.20. The molecule has 2 N–H and O–H groups in total. The third kappa shape index (κ3) is 7.11. The van der Waals surface area contributed by atoms with Crippen LogP contribution >= 0.6 is 0 Å². The standard InChI is InChI=1S/C27H25N3O5/c1-18-5-4-6-22(13-18)30-27(32)20(16-28)14-19-7-12-24(25(15-19)34-3)35-17-26(31)29-21-8-10-23(33-2)11-9-21/h4-15H,17H2,1-3H3,(H,29,31)(H,30,32). The van der Waals surface area contributed by atoms with Crippen LogP contribution in [0.3, 0.4) is 0 Å². The van der Waals surface area contributed by atoms with Gasteiger partial charge in [-0.15, -0.1) is 0 Å². The van der Waals surface area contributed by atoms with Crippen molar-refractivity contribution in [3.63, 3.8) is 0 Å². The van der Waals surface area contributed by atoms with Crippen LogP contribution in [0.2, 0.25) is 0 Å². The average Bonchev–Trinajstić information content (AvgIpc) is 2.86. The van der Waals surface area contributed by atoms with Gasteiger partial charge in [-0.1, -0.05) is 18.2 Å². The number of hydrogen-bond acceptors (Lipinski definition) is 6. The number of aryl methyl sites for hydroxylation is 1. The predicted octanol–water partition coefficient (Wildman–Crippen LogP) is 4.58. The normalized spacial score (nSPS) is 10.6. The van der Waals surface area contributed by atoms with Crippen molar-refractivity contribution in [1.82, 2.24) is 0 Å². The summed E-state index contributed by atoms with van der Waals surface area (Å²) in [5, 5.41) is 14.9. The zero-order chi connectivity index (χ0) is 25.2. The molecule has 3 aromatic carbocycles. The van der Waals surface area contributed by atoms with Crippen LogP contribution in [-0.2, 0) is 9.59 Å². The molecule has 2 amide bonds. The van der Waals surface area contributed by atoms with E-state index in [1.165, 1.54) is 13.2 Å². The number of anilines is 2. The maximum Gasteiger partial charge on any atom is 0.266 e. The number of ether oxygens (including phenoxy) is 3. The van der Waals surface area contributed by atoms with Gasteiger partial charge < -0.3 is 24.8 Å². The van der Waals surface area contributed by atoms with Crippen molar-refractivity contribution in [3.05, 3.63) is 83.4 Å². The highest BCUT2D eigenvalue weighted by Crippen LogP contribution is 2.29. The molecule has 0 saturated heterocycles. The van der Waals surface area contributed by atoms with E-state index in [2.05, 4.69) is 10.6 Å². The van der Waals surface area contributed by atoms with E-state index in [-0.39, 0.29) is 18.1 Å². The Morgan fingerprint density at radius 1 is 0.914 bits per heavy atom. The second kappa shape index (κ2) is 11.9. The summed E-state index contributed by atoms with van der Waals surface area (Å²) >= 11 is 0. The van der Waals surface area contributed by atoms with Gasteiger partial charge in [-0.2, -0.15) is 5.26 Å². The molecular weight excluding hydrogens is 446 g/mol. The summed E-state index contributed by atoms with van der Waals surface area (Å²) < 4.78 is 16.1. The summed E-state index contributed by atoms with van der Waals surface area (Å²) in [6.07, 6.45) is 1.45. The van der Waals surface area contributed by atoms with Crippen LogP contribution in [0.25, 0.3) is 6.08 Å². The highest BCUT2D eigenvalue weighted by molar-refractivity contribution is 6.09. The lowest BCUT2D eigenvalue weighted by Gasteiger charge is -2.12. The van der Waals surface area contributed by atoms with Crippen LogP contribution in [0.1, 0.15) is 11.1 Å². The third-order valence-corrected chi connectivity index (χ3v) is 4.87. The van der Waals surface area contributed by atoms with Gasteiger partial charge >= 0.3 is 0 Å². The van der Waals surface area contributed by atoms with Crippen molar-refractivity contribution in [2.24, 2.45) is 0 Å². The fraction of sp³-hybridized carbons (Fsp3) is 0.148. The van der Waals surface area contributed by atoms with Gasteiger partial charge in [-0.05, 0) is 72.7 Å². The summed E-state index contributed by atoms with van der Waals surface area (Å²) in [7, 11) is 3.03. The van der Waals surface area contributed by atoms with Crippen molar-refractivity contribution in [2.75, 3.05) is 31.5 Å². The Hall–Kier alpha value is -4.77. The molecule has 0 fully saturated rings. The topological polar surface area (TPSA) is 110 Å². The summed E-state index contributed by atoms with van der Waals surface area (Å²) in [4.78, 5) is 24.8. The molecule has 3 aromatic rings. The number of nitrogens with zero attached hydrogens (tertiary/aromatic N) is 1. The SMILES string of the molecule is COc1ccc(NC(=O)COc2ccc(C=C(C#N)C(=O)Nc3cccc(C)c3)cc2OC)cc1. The Bertz CT molecular complexity index is 1280. The molecule has 0 aromatic heterocycles. The summed E-state index contributed by atoms with van der Waals surface area (Å²) in [5.74, 6) is 0.517. The van der Waals surface area contributed by atoms with E-state index in [9.17, 15) is 14.9 Å². The molecule has 0 heterocycles. The number of rotatable bonds is 9. The molecule has 178 valence electrons. The molecule has 8 nitrogen and oxygen atoms in total. The van der Waals surface area contributed by atoms with Crippen molar-refractivity contribution < 1.29 is 23.8 Å². The second-order valence-electron chi connectivity index (χ2n) is 7.47. The quantitative estimate of drug-likeness (QED) is 0.349. The Balaban J connectivity index is 1.66. The van der Waals surface area contributed by atoms with Crippen LogP contribution in [0, 0.1) is 18.3 Å². The molecule has 0 aliphatic rings. The number of carbonyl (C=O) groups is 2. The van der Waals surface area contributed by atoms with E-state index in [1.807, 2.05) is 31.2 Å². The van der Waals surface area contributed by atoms with Gasteiger partial charge in [0.15, 0.2) is 18.1 Å². The van der Waals surface area contributed by atoms with E-state index in [1.54, 1.807) is 55.6 Å². The minimum atomic E-state index is -0.521. The second-order valence-corrected chi connectivity index (χ2v) is 7.47. The fourth-order valence-corrected chi connectivity index (χ4v) is 3.14. The van der Waals surface area contributed by atoms with Gasteiger partial charge in [0.2, 0.25) is 0 Å². The summed E-state index contributed by atoms with van der Waals surface area (Å²) in [6, 6.07) is 21.0. The monoisotopic (exact) mass is 471 g/mol. The van der Waals surface area contributed by atoms with Gasteiger partial charge in [0, 0.05) is 11.4 Å². The molecule has 35 heavy (non-hydrogen) atoms. The highest BCUT2D eigenvalue weighted by atomic mass is 16.5. The maximum absolute atomic E-state index is 12.5. The minimum Gasteiger partial charge on any atom is -0.497 e. The Labute approximate surface area is 203 Å². The number of hydrogen-bond donors (Lipinski definition) is 2. The number of nitrogens with one attached hydrogen (secondary N) is 2. The molecule has 0 atom stereocenters. The molecule has 0 spiro atoms. The molecule has 8 heteroatoms. The molecule has 0 aliphatic carbocycles. The zero-order valence-electron chi connectivity index (χ0n) is 19.6. The fourth-order valence-electron chi connectivity index (χ4n) is 3.14. The third-order valence-electron chi connectivity index (χ3n) is 4.87. The first kappa shape index (κ1) is 24.9. The molecule has 0 radical (unpaired) electrons. The Morgan fingerprint density at radius 2 is 1.69 bits per heavy atom. The average molecular weight is 472 g/mol. The number of benzene rings is 3.